The van der Waals surface area contributed by atoms with E-state index >= 15 is 0 Å². The molecular weight excluding hydrogens is 380 g/mol. The Morgan fingerprint density at radius 3 is 2.20 bits per heavy atom. The van der Waals surface area contributed by atoms with Crippen molar-refractivity contribution in [1.29, 1.82) is 0 Å². The zero-order valence-electron chi connectivity index (χ0n) is 11.9. The molecule has 0 heterocycles. The van der Waals surface area contributed by atoms with Crippen LogP contribution in [0.4, 0.5) is 0 Å². The van der Waals surface area contributed by atoms with Crippen LogP contribution < -0.4 is 4.74 Å². The van der Waals surface area contributed by atoms with Crippen LogP contribution in [0, 0.1) is 0 Å². The Morgan fingerprint density at radius 1 is 0.950 bits per heavy atom. The number of benzene rings is 2. The first kappa shape index (κ1) is 15.6. The summed E-state index contributed by atoms with van der Waals surface area (Å²) in [7, 11) is 0. The van der Waals surface area contributed by atoms with Crippen LogP contribution in [0.5, 0.6) is 5.75 Å². The van der Waals surface area contributed by atoms with Crippen LogP contribution in [0.15, 0.2) is 51.4 Å². The summed E-state index contributed by atoms with van der Waals surface area (Å²) in [4.78, 5) is 0. The number of hydrogen-bond acceptors (Lipinski definition) is 1. The summed E-state index contributed by atoms with van der Waals surface area (Å²) in [6, 6.07) is 14.4. The van der Waals surface area contributed by atoms with Crippen LogP contribution in [-0.4, -0.2) is 0 Å². The Bertz CT molecular complexity index is 586. The molecule has 2 rings (SSSR count). The van der Waals surface area contributed by atoms with Crippen molar-refractivity contribution in [2.75, 3.05) is 0 Å². The van der Waals surface area contributed by atoms with E-state index in [0.29, 0.717) is 6.61 Å². The SMILES string of the molecule is CC(C)(C)c1cc(OCc2ccccc2)c(Br)cc1Br. The molecule has 0 fully saturated rings. The second-order valence-corrected chi connectivity index (χ2v) is 7.50. The number of ether oxygens (including phenoxy) is 1. The van der Waals surface area contributed by atoms with Crippen molar-refractivity contribution in [2.45, 2.75) is 32.8 Å². The Hall–Kier alpha value is -0.800. The van der Waals surface area contributed by atoms with Crippen molar-refractivity contribution in [1.82, 2.24) is 0 Å². The largest absolute Gasteiger partial charge is 0.488 e. The lowest BCUT2D eigenvalue weighted by Gasteiger charge is -2.22. The van der Waals surface area contributed by atoms with Gasteiger partial charge in [-0.1, -0.05) is 67.0 Å². The van der Waals surface area contributed by atoms with Crippen molar-refractivity contribution >= 4 is 31.9 Å². The molecule has 0 aliphatic heterocycles. The van der Waals surface area contributed by atoms with E-state index in [2.05, 4.69) is 76.9 Å². The van der Waals surface area contributed by atoms with Gasteiger partial charge in [0.05, 0.1) is 4.47 Å². The van der Waals surface area contributed by atoms with E-state index in [1.807, 2.05) is 18.2 Å². The standard InChI is InChI=1S/C17H18Br2O/c1-17(2,3)13-9-16(15(19)10-14(13)18)20-11-12-7-5-4-6-8-12/h4-10H,11H2,1-3H3. The molecule has 2 aromatic rings. The minimum atomic E-state index is 0.0738. The average molecular weight is 398 g/mol. The Kier molecular flexibility index (Phi) is 4.92. The number of halogens is 2. The van der Waals surface area contributed by atoms with Gasteiger partial charge in [-0.2, -0.15) is 0 Å². The van der Waals surface area contributed by atoms with Crippen molar-refractivity contribution in [3.05, 3.63) is 62.5 Å². The first-order valence-electron chi connectivity index (χ1n) is 6.54. The molecule has 0 atom stereocenters. The summed E-state index contributed by atoms with van der Waals surface area (Å²) in [5, 5.41) is 0. The van der Waals surface area contributed by atoms with Crippen molar-refractivity contribution < 1.29 is 4.74 Å². The molecule has 0 amide bonds. The van der Waals surface area contributed by atoms with E-state index in [1.54, 1.807) is 0 Å². The van der Waals surface area contributed by atoms with Gasteiger partial charge in [-0.25, -0.2) is 0 Å². The van der Waals surface area contributed by atoms with Crippen LogP contribution in [-0.2, 0) is 12.0 Å². The molecule has 1 nitrogen and oxygen atoms in total. The van der Waals surface area contributed by atoms with Gasteiger partial charge in [-0.15, -0.1) is 0 Å². The fourth-order valence-corrected chi connectivity index (χ4v) is 3.65. The van der Waals surface area contributed by atoms with Crippen LogP contribution in [0.2, 0.25) is 0 Å². The van der Waals surface area contributed by atoms with Crippen LogP contribution in [0.1, 0.15) is 31.9 Å². The molecule has 0 aromatic heterocycles. The van der Waals surface area contributed by atoms with Gasteiger partial charge in [0.2, 0.25) is 0 Å². The van der Waals surface area contributed by atoms with Crippen molar-refractivity contribution in [3.63, 3.8) is 0 Å². The lowest BCUT2D eigenvalue weighted by Crippen LogP contribution is -2.12. The third-order valence-corrected chi connectivity index (χ3v) is 4.34. The first-order valence-corrected chi connectivity index (χ1v) is 8.13. The molecule has 0 saturated heterocycles. The molecule has 0 N–H and O–H groups in total. The van der Waals surface area contributed by atoms with Crippen molar-refractivity contribution in [3.8, 4) is 5.75 Å². The molecule has 0 aliphatic rings. The van der Waals surface area contributed by atoms with E-state index < -0.39 is 0 Å². The summed E-state index contributed by atoms with van der Waals surface area (Å²) in [6.07, 6.45) is 0. The zero-order chi connectivity index (χ0) is 14.8. The lowest BCUT2D eigenvalue weighted by atomic mass is 9.87. The Balaban J connectivity index is 2.24. The van der Waals surface area contributed by atoms with E-state index in [9.17, 15) is 0 Å². The number of rotatable bonds is 3. The molecule has 2 aromatic carbocycles. The van der Waals surface area contributed by atoms with Gasteiger partial charge in [0, 0.05) is 4.47 Å². The minimum Gasteiger partial charge on any atom is -0.488 e. The Morgan fingerprint density at radius 2 is 1.60 bits per heavy atom. The maximum Gasteiger partial charge on any atom is 0.134 e. The maximum atomic E-state index is 5.95. The predicted octanol–water partition coefficient (Wildman–Crippen LogP) is 6.09. The van der Waals surface area contributed by atoms with Gasteiger partial charge in [-0.05, 0) is 44.6 Å². The fraction of sp³-hybridized carbons (Fsp3) is 0.294. The molecule has 106 valence electrons. The smallest absolute Gasteiger partial charge is 0.134 e. The molecule has 3 heteroatoms. The second kappa shape index (κ2) is 6.31. The third-order valence-electron chi connectivity index (χ3n) is 3.07. The summed E-state index contributed by atoms with van der Waals surface area (Å²) < 4.78 is 8.01. The topological polar surface area (TPSA) is 9.23 Å². The molecule has 0 aliphatic carbocycles. The highest BCUT2D eigenvalue weighted by Gasteiger charge is 2.19. The zero-order valence-corrected chi connectivity index (χ0v) is 15.1. The van der Waals surface area contributed by atoms with E-state index in [0.717, 1.165) is 14.7 Å². The van der Waals surface area contributed by atoms with Gasteiger partial charge in [0.1, 0.15) is 12.4 Å². The minimum absolute atomic E-state index is 0.0738. The summed E-state index contributed by atoms with van der Waals surface area (Å²) >= 11 is 7.19. The highest BCUT2D eigenvalue weighted by atomic mass is 79.9. The monoisotopic (exact) mass is 396 g/mol. The van der Waals surface area contributed by atoms with Crippen molar-refractivity contribution in [2.24, 2.45) is 0 Å². The lowest BCUT2D eigenvalue weighted by molar-refractivity contribution is 0.303. The van der Waals surface area contributed by atoms with E-state index in [-0.39, 0.29) is 5.41 Å². The van der Waals surface area contributed by atoms with Gasteiger partial charge >= 0.3 is 0 Å². The molecule has 0 spiro atoms. The third kappa shape index (κ3) is 3.86. The quantitative estimate of drug-likeness (QED) is 0.608. The molecule has 0 unspecified atom stereocenters. The normalized spacial score (nSPS) is 11.4. The highest BCUT2D eigenvalue weighted by molar-refractivity contribution is 9.11. The maximum absolute atomic E-state index is 5.95. The predicted molar refractivity (Wildman–Crippen MR) is 91.3 cm³/mol. The molecule has 0 radical (unpaired) electrons. The first-order chi connectivity index (χ1) is 9.38. The van der Waals surface area contributed by atoms with Gasteiger partial charge in [0.25, 0.3) is 0 Å². The van der Waals surface area contributed by atoms with Gasteiger partial charge in [-0.3, -0.25) is 0 Å². The molecule has 0 bridgehead atoms. The van der Waals surface area contributed by atoms with Crippen LogP contribution in [0.3, 0.4) is 0 Å². The van der Waals surface area contributed by atoms with E-state index in [4.69, 9.17) is 4.74 Å². The Labute approximate surface area is 137 Å². The highest BCUT2D eigenvalue weighted by Crippen LogP contribution is 2.37. The second-order valence-electron chi connectivity index (χ2n) is 5.79. The summed E-state index contributed by atoms with van der Waals surface area (Å²) in [6.45, 7) is 7.16. The molecular formula is C17H18Br2O. The number of hydrogen-bond donors (Lipinski definition) is 0. The van der Waals surface area contributed by atoms with Crippen LogP contribution in [0.25, 0.3) is 0 Å². The average Bonchev–Trinajstić information content (AvgIpc) is 2.37. The van der Waals surface area contributed by atoms with Gasteiger partial charge < -0.3 is 4.74 Å². The summed E-state index contributed by atoms with van der Waals surface area (Å²) in [5.41, 5.74) is 2.48. The van der Waals surface area contributed by atoms with Crippen LogP contribution >= 0.6 is 31.9 Å². The fourth-order valence-electron chi connectivity index (χ4n) is 1.95. The van der Waals surface area contributed by atoms with Gasteiger partial charge in [0.15, 0.2) is 0 Å². The van der Waals surface area contributed by atoms with E-state index in [1.165, 1.54) is 11.1 Å². The summed E-state index contributed by atoms with van der Waals surface area (Å²) in [5.74, 6) is 0.877. The molecule has 0 saturated carbocycles. The molecule has 20 heavy (non-hydrogen) atoms.